The van der Waals surface area contributed by atoms with Gasteiger partial charge in [0, 0.05) is 36.2 Å². The Kier molecular flexibility index (Phi) is 7.95. The molecule has 2 saturated heterocycles. The van der Waals surface area contributed by atoms with Crippen LogP contribution in [0.25, 0.3) is 0 Å². The number of benzene rings is 1. The van der Waals surface area contributed by atoms with E-state index in [1.165, 1.54) is 4.90 Å². The van der Waals surface area contributed by atoms with Gasteiger partial charge in [-0.05, 0) is 69.1 Å². The zero-order valence-corrected chi connectivity index (χ0v) is 21.7. The van der Waals surface area contributed by atoms with E-state index in [9.17, 15) is 9.90 Å². The Morgan fingerprint density at radius 3 is 2.53 bits per heavy atom. The number of halogens is 3. The van der Waals surface area contributed by atoms with Crippen molar-refractivity contribution in [2.24, 2.45) is 11.8 Å². The molecule has 2 aliphatic heterocycles. The van der Waals surface area contributed by atoms with Gasteiger partial charge in [0.1, 0.15) is 5.02 Å². The summed E-state index contributed by atoms with van der Waals surface area (Å²) in [5.41, 5.74) is 1.63. The molecular weight excluding hydrogens is 497 g/mol. The lowest BCUT2D eigenvalue weighted by molar-refractivity contribution is 0.109. The third-order valence-electron chi connectivity index (χ3n) is 7.00. The molecule has 7 nitrogen and oxygen atoms in total. The Balaban J connectivity index is 1.48. The molecule has 184 valence electrons. The second-order valence-corrected chi connectivity index (χ2v) is 10.5. The molecule has 2 aromatic rings. The summed E-state index contributed by atoms with van der Waals surface area (Å²) in [6.07, 6.45) is 3.23. The van der Waals surface area contributed by atoms with E-state index in [1.54, 1.807) is 6.07 Å². The van der Waals surface area contributed by atoms with Crippen molar-refractivity contribution in [3.05, 3.63) is 44.5 Å². The van der Waals surface area contributed by atoms with Gasteiger partial charge in [0.25, 0.3) is 0 Å². The maximum atomic E-state index is 11.2. The van der Waals surface area contributed by atoms with E-state index in [4.69, 9.17) is 44.8 Å². The SMILES string of the molecule is Cc1nc(N2CCCC(C3CCN(C(=O)O)CC3)C2)nc(N[C@H](C)c2ccc(Cl)cc2Cl)c1Cl. The van der Waals surface area contributed by atoms with Crippen LogP contribution >= 0.6 is 34.8 Å². The highest BCUT2D eigenvalue weighted by atomic mass is 35.5. The molecule has 1 aromatic heterocycles. The number of aromatic nitrogens is 2. The highest BCUT2D eigenvalue weighted by Crippen LogP contribution is 2.35. The standard InChI is InChI=1S/C24H30Cl3N5O2/c1-14(19-6-5-18(25)12-20(19)26)28-22-21(27)15(2)29-23(30-22)32-9-3-4-17(13-32)16-7-10-31(11-8-16)24(33)34/h5-6,12,14,16-17H,3-4,7-11,13H2,1-2H3,(H,33,34)(H,28,29,30)/t14-,17?/m1/s1. The average Bonchev–Trinajstić information content (AvgIpc) is 2.82. The van der Waals surface area contributed by atoms with Gasteiger partial charge in [-0.25, -0.2) is 9.78 Å². The molecule has 1 amide bonds. The first-order chi connectivity index (χ1) is 16.2. The monoisotopic (exact) mass is 525 g/mol. The number of anilines is 2. The summed E-state index contributed by atoms with van der Waals surface area (Å²) in [6.45, 7) is 6.89. The van der Waals surface area contributed by atoms with E-state index >= 15 is 0 Å². The largest absolute Gasteiger partial charge is 0.465 e. The summed E-state index contributed by atoms with van der Waals surface area (Å²) in [4.78, 5) is 24.5. The smallest absolute Gasteiger partial charge is 0.407 e. The summed E-state index contributed by atoms with van der Waals surface area (Å²) in [5.74, 6) is 2.29. The van der Waals surface area contributed by atoms with E-state index in [0.29, 0.717) is 51.8 Å². The number of carboxylic acid groups (broad SMARTS) is 1. The predicted octanol–water partition coefficient (Wildman–Crippen LogP) is 6.52. The van der Waals surface area contributed by atoms with Crippen molar-refractivity contribution in [2.45, 2.75) is 45.6 Å². The molecule has 0 bridgehead atoms. The topological polar surface area (TPSA) is 81.6 Å². The number of aryl methyl sites for hydroxylation is 1. The van der Waals surface area contributed by atoms with E-state index in [-0.39, 0.29) is 6.04 Å². The van der Waals surface area contributed by atoms with Gasteiger partial charge in [0.2, 0.25) is 5.95 Å². The van der Waals surface area contributed by atoms with Crippen molar-refractivity contribution >= 4 is 52.7 Å². The van der Waals surface area contributed by atoms with Crippen LogP contribution in [0.4, 0.5) is 16.6 Å². The van der Waals surface area contributed by atoms with Crippen LogP contribution in [0.3, 0.4) is 0 Å². The van der Waals surface area contributed by atoms with Crippen molar-refractivity contribution in [3.63, 3.8) is 0 Å². The average molecular weight is 527 g/mol. The number of piperidine rings is 2. The first-order valence-corrected chi connectivity index (χ1v) is 12.8. The number of amides is 1. The zero-order chi connectivity index (χ0) is 24.4. The number of nitrogens with one attached hydrogen (secondary N) is 1. The maximum Gasteiger partial charge on any atom is 0.407 e. The first kappa shape index (κ1) is 25.1. The van der Waals surface area contributed by atoms with Gasteiger partial charge in [-0.1, -0.05) is 40.9 Å². The Labute approximate surface area is 215 Å². The van der Waals surface area contributed by atoms with Crippen molar-refractivity contribution in [1.82, 2.24) is 14.9 Å². The highest BCUT2D eigenvalue weighted by molar-refractivity contribution is 6.35. The second-order valence-electron chi connectivity index (χ2n) is 9.26. The third-order valence-corrected chi connectivity index (χ3v) is 8.02. The summed E-state index contributed by atoms with van der Waals surface area (Å²) in [7, 11) is 0. The van der Waals surface area contributed by atoms with Gasteiger partial charge in [-0.2, -0.15) is 4.98 Å². The number of likely N-dealkylation sites (tertiary alicyclic amines) is 1. The van der Waals surface area contributed by atoms with Gasteiger partial charge < -0.3 is 20.2 Å². The van der Waals surface area contributed by atoms with E-state index in [0.717, 1.165) is 50.0 Å². The second kappa shape index (κ2) is 10.8. The number of nitrogens with zero attached hydrogens (tertiary/aromatic N) is 4. The fraction of sp³-hybridized carbons (Fsp3) is 0.542. The molecule has 2 fully saturated rings. The number of hydrogen-bond donors (Lipinski definition) is 2. The summed E-state index contributed by atoms with van der Waals surface area (Å²) in [5, 5.41) is 14.3. The molecule has 1 unspecified atom stereocenters. The Morgan fingerprint density at radius 1 is 1.12 bits per heavy atom. The molecule has 0 saturated carbocycles. The molecule has 2 aliphatic rings. The number of rotatable bonds is 5. The van der Waals surface area contributed by atoms with Gasteiger partial charge in [-0.15, -0.1) is 0 Å². The number of hydrogen-bond acceptors (Lipinski definition) is 5. The summed E-state index contributed by atoms with van der Waals surface area (Å²) < 4.78 is 0. The maximum absolute atomic E-state index is 11.2. The molecule has 0 spiro atoms. The molecule has 0 aliphatic carbocycles. The summed E-state index contributed by atoms with van der Waals surface area (Å²) >= 11 is 19.0. The molecule has 34 heavy (non-hydrogen) atoms. The van der Waals surface area contributed by atoms with Gasteiger partial charge in [-0.3, -0.25) is 0 Å². The first-order valence-electron chi connectivity index (χ1n) is 11.7. The third kappa shape index (κ3) is 5.64. The fourth-order valence-electron chi connectivity index (χ4n) is 5.06. The van der Waals surface area contributed by atoms with Crippen LogP contribution in [0.5, 0.6) is 0 Å². The van der Waals surface area contributed by atoms with Crippen LogP contribution in [0.1, 0.15) is 49.9 Å². The lowest BCUT2D eigenvalue weighted by Gasteiger charge is -2.40. The van der Waals surface area contributed by atoms with Crippen LogP contribution in [0, 0.1) is 18.8 Å². The van der Waals surface area contributed by atoms with Crippen LogP contribution < -0.4 is 10.2 Å². The Morgan fingerprint density at radius 2 is 1.85 bits per heavy atom. The van der Waals surface area contributed by atoms with Crippen LogP contribution in [0.15, 0.2) is 18.2 Å². The van der Waals surface area contributed by atoms with E-state index < -0.39 is 6.09 Å². The predicted molar refractivity (Wildman–Crippen MR) is 138 cm³/mol. The minimum atomic E-state index is -0.817. The van der Waals surface area contributed by atoms with Crippen molar-refractivity contribution in [3.8, 4) is 0 Å². The van der Waals surface area contributed by atoms with Crippen LogP contribution in [-0.2, 0) is 0 Å². The molecule has 1 aromatic carbocycles. The molecule has 0 radical (unpaired) electrons. The molecule has 4 rings (SSSR count). The highest BCUT2D eigenvalue weighted by Gasteiger charge is 2.32. The Hall–Kier alpha value is -1.96. The van der Waals surface area contributed by atoms with E-state index in [1.807, 2.05) is 26.0 Å². The normalized spacial score (nSPS) is 20.3. The zero-order valence-electron chi connectivity index (χ0n) is 19.4. The van der Waals surface area contributed by atoms with Gasteiger partial charge >= 0.3 is 6.09 Å². The molecule has 3 heterocycles. The summed E-state index contributed by atoms with van der Waals surface area (Å²) in [6, 6.07) is 5.31. The quantitative estimate of drug-likeness (QED) is 0.461. The molecule has 2 N–H and O–H groups in total. The molecular formula is C24H30Cl3N5O2. The van der Waals surface area contributed by atoms with Crippen molar-refractivity contribution in [1.29, 1.82) is 0 Å². The lowest BCUT2D eigenvalue weighted by atomic mass is 9.80. The minimum Gasteiger partial charge on any atom is -0.465 e. The van der Waals surface area contributed by atoms with Gasteiger partial charge in [0.05, 0.1) is 11.7 Å². The molecule has 2 atom stereocenters. The van der Waals surface area contributed by atoms with Gasteiger partial charge in [0.15, 0.2) is 5.82 Å². The van der Waals surface area contributed by atoms with Crippen molar-refractivity contribution in [2.75, 3.05) is 36.4 Å². The minimum absolute atomic E-state index is 0.127. The van der Waals surface area contributed by atoms with E-state index in [2.05, 4.69) is 10.2 Å². The fourth-order valence-corrected chi connectivity index (χ4v) is 5.77. The van der Waals surface area contributed by atoms with Crippen LogP contribution in [0.2, 0.25) is 15.1 Å². The van der Waals surface area contributed by atoms with Crippen LogP contribution in [-0.4, -0.2) is 52.2 Å². The lowest BCUT2D eigenvalue weighted by Crippen LogP contribution is -2.44. The Bertz CT molecular complexity index is 1050. The molecule has 10 heteroatoms. The van der Waals surface area contributed by atoms with Crippen molar-refractivity contribution < 1.29 is 9.90 Å². The number of carbonyl (C=O) groups is 1.